The number of pyridine rings is 1. The van der Waals surface area contributed by atoms with Crippen LogP contribution in [-0.2, 0) is 22.3 Å². The Morgan fingerprint density at radius 2 is 1.54 bits per heavy atom. The van der Waals surface area contributed by atoms with Crippen LogP contribution in [0.2, 0.25) is 0 Å². The van der Waals surface area contributed by atoms with Gasteiger partial charge in [0, 0.05) is 11.8 Å². The molecule has 0 N–H and O–H groups in total. The number of fused-ring (bicyclic) bond motifs is 1. The van der Waals surface area contributed by atoms with Crippen LogP contribution in [0.3, 0.4) is 0 Å². The normalized spacial score (nSPS) is 11.4. The topological polar surface area (TPSA) is 65.5 Å². The minimum absolute atomic E-state index is 0.000207. The number of nitrogens with zero attached hydrogens (tertiary/aromatic N) is 1. The first-order chi connectivity index (χ1) is 17.8. The van der Waals surface area contributed by atoms with Crippen molar-refractivity contribution in [2.45, 2.75) is 32.5 Å². The number of esters is 1. The lowest BCUT2D eigenvalue weighted by atomic mass is 9.94. The summed E-state index contributed by atoms with van der Waals surface area (Å²) < 4.78 is 54.9. The van der Waals surface area contributed by atoms with Gasteiger partial charge in [-0.1, -0.05) is 72.8 Å². The first-order valence-corrected chi connectivity index (χ1v) is 11.7. The molecule has 1 aromatic heterocycles. The van der Waals surface area contributed by atoms with Crippen LogP contribution in [-0.4, -0.2) is 23.3 Å². The molecule has 0 fully saturated rings. The first kappa shape index (κ1) is 25.9. The zero-order valence-corrected chi connectivity index (χ0v) is 20.0. The van der Waals surface area contributed by atoms with Crippen LogP contribution < -0.4 is 4.74 Å². The van der Waals surface area contributed by atoms with Crippen LogP contribution >= 0.6 is 0 Å². The van der Waals surface area contributed by atoms with Gasteiger partial charge >= 0.3 is 12.1 Å². The summed E-state index contributed by atoms with van der Waals surface area (Å²) in [4.78, 5) is 29.3. The number of Topliss-reactive ketones (excluding diaryl/α,β-unsaturated/α-hetero) is 1. The summed E-state index contributed by atoms with van der Waals surface area (Å²) >= 11 is 0. The van der Waals surface area contributed by atoms with Gasteiger partial charge in [-0.3, -0.25) is 9.59 Å². The number of carbonyl (C=O) groups is 2. The van der Waals surface area contributed by atoms with Crippen LogP contribution in [0, 0.1) is 0 Å². The fourth-order valence-corrected chi connectivity index (χ4v) is 4.05. The van der Waals surface area contributed by atoms with Gasteiger partial charge in [0.1, 0.15) is 17.9 Å². The van der Waals surface area contributed by atoms with Gasteiger partial charge in [0.2, 0.25) is 0 Å². The SMILES string of the molecule is CCOC(=O)CCC(=O)c1nc2cccc(-c3ccccc3)c2c(C(F)(F)F)c1OCc1ccccc1. The molecular weight excluding hydrogens is 483 g/mol. The highest BCUT2D eigenvalue weighted by Crippen LogP contribution is 2.46. The predicted octanol–water partition coefficient (Wildman–Crippen LogP) is 7.03. The second-order valence-corrected chi connectivity index (χ2v) is 8.23. The number of carbonyl (C=O) groups excluding carboxylic acids is 2. The number of rotatable bonds is 9. The van der Waals surface area contributed by atoms with Crippen molar-refractivity contribution < 1.29 is 32.2 Å². The fourth-order valence-electron chi connectivity index (χ4n) is 4.05. The summed E-state index contributed by atoms with van der Waals surface area (Å²) in [6, 6.07) is 21.9. The highest BCUT2D eigenvalue weighted by Gasteiger charge is 2.40. The number of ether oxygens (including phenoxy) is 2. The molecule has 0 aliphatic carbocycles. The first-order valence-electron chi connectivity index (χ1n) is 11.7. The molecule has 0 saturated carbocycles. The molecule has 0 aliphatic rings. The van der Waals surface area contributed by atoms with E-state index in [0.717, 1.165) is 0 Å². The summed E-state index contributed by atoms with van der Waals surface area (Å²) in [5.41, 5.74) is -0.0429. The second-order valence-electron chi connectivity index (χ2n) is 8.23. The molecule has 0 bridgehead atoms. The Kier molecular flexibility index (Phi) is 7.86. The van der Waals surface area contributed by atoms with Crippen molar-refractivity contribution in [3.63, 3.8) is 0 Å². The van der Waals surface area contributed by atoms with Gasteiger partial charge in [-0.25, -0.2) is 4.98 Å². The van der Waals surface area contributed by atoms with Crippen molar-refractivity contribution in [2.75, 3.05) is 6.61 Å². The van der Waals surface area contributed by atoms with E-state index in [2.05, 4.69) is 4.98 Å². The Labute approximate surface area is 211 Å². The molecule has 1 heterocycles. The van der Waals surface area contributed by atoms with Crippen LogP contribution in [0.25, 0.3) is 22.0 Å². The molecule has 4 aromatic rings. The number of halogens is 3. The van der Waals surface area contributed by atoms with Crippen molar-refractivity contribution in [3.05, 3.63) is 95.7 Å². The molecule has 0 radical (unpaired) electrons. The van der Waals surface area contributed by atoms with E-state index >= 15 is 0 Å². The molecular formula is C29H24F3NO4. The molecule has 3 aromatic carbocycles. The van der Waals surface area contributed by atoms with Crippen LogP contribution in [0.4, 0.5) is 13.2 Å². The maximum absolute atomic E-state index is 14.8. The highest BCUT2D eigenvalue weighted by molar-refractivity contribution is 6.05. The van der Waals surface area contributed by atoms with E-state index in [-0.39, 0.29) is 37.0 Å². The number of alkyl halides is 3. The predicted molar refractivity (Wildman–Crippen MR) is 133 cm³/mol. The lowest BCUT2D eigenvalue weighted by Gasteiger charge is -2.21. The van der Waals surface area contributed by atoms with Gasteiger partial charge in [-0.05, 0) is 29.7 Å². The van der Waals surface area contributed by atoms with Crippen molar-refractivity contribution in [2.24, 2.45) is 0 Å². The summed E-state index contributed by atoms with van der Waals surface area (Å²) in [5, 5.41) is -0.161. The Morgan fingerprint density at radius 3 is 2.19 bits per heavy atom. The number of ketones is 1. The largest absolute Gasteiger partial charge is 0.486 e. The number of hydrogen-bond donors (Lipinski definition) is 0. The van der Waals surface area contributed by atoms with Gasteiger partial charge in [-0.2, -0.15) is 13.2 Å². The number of hydrogen-bond acceptors (Lipinski definition) is 5. The Hall–Kier alpha value is -4.20. The Bertz CT molecular complexity index is 1400. The number of benzene rings is 3. The monoisotopic (exact) mass is 507 g/mol. The minimum Gasteiger partial charge on any atom is -0.486 e. The fraction of sp³-hybridized carbons (Fsp3) is 0.207. The van der Waals surface area contributed by atoms with E-state index < -0.39 is 34.9 Å². The standard InChI is InChI=1S/C29H24F3NO4/c1-2-36-24(35)17-16-23(34)27-28(37-18-19-10-5-3-6-11-19)26(29(30,31)32)25-21(14-9-15-22(25)33-27)20-12-7-4-8-13-20/h3-15H,2,16-18H2,1H3. The quantitative estimate of drug-likeness (QED) is 0.180. The molecule has 0 atom stereocenters. The van der Waals surface area contributed by atoms with Gasteiger partial charge in [0.25, 0.3) is 0 Å². The minimum atomic E-state index is -4.87. The second kappa shape index (κ2) is 11.2. The van der Waals surface area contributed by atoms with Gasteiger partial charge in [-0.15, -0.1) is 0 Å². The third-order valence-corrected chi connectivity index (χ3v) is 5.69. The maximum atomic E-state index is 14.8. The third-order valence-electron chi connectivity index (χ3n) is 5.69. The lowest BCUT2D eigenvalue weighted by Crippen LogP contribution is -2.17. The Morgan fingerprint density at radius 1 is 0.865 bits per heavy atom. The highest BCUT2D eigenvalue weighted by atomic mass is 19.4. The molecule has 0 aliphatic heterocycles. The van der Waals surface area contributed by atoms with Crippen molar-refractivity contribution in [3.8, 4) is 16.9 Å². The van der Waals surface area contributed by atoms with E-state index in [1.807, 2.05) is 0 Å². The molecule has 0 unspecified atom stereocenters. The van der Waals surface area contributed by atoms with Crippen molar-refractivity contribution in [1.82, 2.24) is 4.98 Å². The van der Waals surface area contributed by atoms with Gasteiger partial charge in [0.05, 0.1) is 18.5 Å². The maximum Gasteiger partial charge on any atom is 0.420 e. The van der Waals surface area contributed by atoms with Gasteiger partial charge in [0.15, 0.2) is 11.5 Å². The molecule has 8 heteroatoms. The molecule has 0 amide bonds. The lowest BCUT2D eigenvalue weighted by molar-refractivity contribution is -0.143. The molecule has 5 nitrogen and oxygen atoms in total. The average molecular weight is 508 g/mol. The van der Waals surface area contributed by atoms with E-state index in [4.69, 9.17) is 9.47 Å². The smallest absolute Gasteiger partial charge is 0.420 e. The van der Waals surface area contributed by atoms with E-state index in [0.29, 0.717) is 16.7 Å². The molecule has 190 valence electrons. The summed E-state index contributed by atoms with van der Waals surface area (Å²) in [5.74, 6) is -2.01. The van der Waals surface area contributed by atoms with E-state index in [1.165, 1.54) is 6.07 Å². The molecule has 0 saturated heterocycles. The van der Waals surface area contributed by atoms with Crippen molar-refractivity contribution in [1.29, 1.82) is 0 Å². The van der Waals surface area contributed by atoms with Crippen LogP contribution in [0.1, 0.15) is 41.4 Å². The summed E-state index contributed by atoms with van der Waals surface area (Å²) in [6.45, 7) is 1.55. The number of aromatic nitrogens is 1. The van der Waals surface area contributed by atoms with E-state index in [9.17, 15) is 22.8 Å². The summed E-state index contributed by atoms with van der Waals surface area (Å²) in [7, 11) is 0. The third kappa shape index (κ3) is 5.97. The van der Waals surface area contributed by atoms with E-state index in [1.54, 1.807) is 79.7 Å². The Balaban J connectivity index is 1.92. The molecule has 37 heavy (non-hydrogen) atoms. The zero-order valence-electron chi connectivity index (χ0n) is 20.0. The van der Waals surface area contributed by atoms with Crippen LogP contribution in [0.15, 0.2) is 78.9 Å². The summed E-state index contributed by atoms with van der Waals surface area (Å²) in [6.07, 6.45) is -5.51. The van der Waals surface area contributed by atoms with Crippen LogP contribution in [0.5, 0.6) is 5.75 Å². The molecule has 0 spiro atoms. The molecule has 4 rings (SSSR count). The zero-order chi connectivity index (χ0) is 26.4. The van der Waals surface area contributed by atoms with Gasteiger partial charge < -0.3 is 9.47 Å². The average Bonchev–Trinajstić information content (AvgIpc) is 2.90. The van der Waals surface area contributed by atoms with Crippen molar-refractivity contribution >= 4 is 22.7 Å².